The summed E-state index contributed by atoms with van der Waals surface area (Å²) in [4.78, 5) is 11.6. The van der Waals surface area contributed by atoms with E-state index < -0.39 is 0 Å². The molecule has 0 bridgehead atoms. The van der Waals surface area contributed by atoms with Crippen molar-refractivity contribution in [1.82, 2.24) is 0 Å². The number of hydrogen-bond acceptors (Lipinski definition) is 5. The van der Waals surface area contributed by atoms with Gasteiger partial charge in [0.25, 0.3) is 0 Å². The van der Waals surface area contributed by atoms with Gasteiger partial charge in [0.15, 0.2) is 5.84 Å². The van der Waals surface area contributed by atoms with Crippen LogP contribution in [0, 0.1) is 5.82 Å². The fourth-order valence-corrected chi connectivity index (χ4v) is 3.15. The Morgan fingerprint density at radius 3 is 2.27 bits per heavy atom. The molecule has 0 amide bonds. The zero-order valence-corrected chi connectivity index (χ0v) is 17.2. The van der Waals surface area contributed by atoms with Crippen molar-refractivity contribution in [3.63, 3.8) is 0 Å². The standard InChI is InChI=1S/C24H23FN4O/c1-4-30-20-13-14-21-22(15-20)27-24(17-7-11-19(12-8-17)29(2)3)28-23(26-21)16-5-9-18(25)10-6-16/h5-15H,4H2,1-3H3,(H,26,27,28). The van der Waals surface area contributed by atoms with Gasteiger partial charge in [-0.15, -0.1) is 0 Å². The summed E-state index contributed by atoms with van der Waals surface area (Å²) in [6.07, 6.45) is 0. The number of benzene rings is 3. The van der Waals surface area contributed by atoms with Gasteiger partial charge in [-0.25, -0.2) is 14.4 Å². The number of hydrogen-bond donors (Lipinski definition) is 1. The van der Waals surface area contributed by atoms with Gasteiger partial charge < -0.3 is 15.0 Å². The monoisotopic (exact) mass is 402 g/mol. The minimum absolute atomic E-state index is 0.295. The lowest BCUT2D eigenvalue weighted by Crippen LogP contribution is -2.15. The van der Waals surface area contributed by atoms with E-state index >= 15 is 0 Å². The number of nitrogens with zero attached hydrogens (tertiary/aromatic N) is 3. The van der Waals surface area contributed by atoms with E-state index in [4.69, 9.17) is 14.7 Å². The third kappa shape index (κ3) is 4.17. The summed E-state index contributed by atoms with van der Waals surface area (Å²) in [5.74, 6) is 1.63. The smallest absolute Gasteiger partial charge is 0.162 e. The maximum Gasteiger partial charge on any atom is 0.162 e. The lowest BCUT2D eigenvalue weighted by molar-refractivity contribution is 0.340. The summed E-state index contributed by atoms with van der Waals surface area (Å²) >= 11 is 0. The molecule has 1 aliphatic rings. The second-order valence-electron chi connectivity index (χ2n) is 7.08. The molecule has 0 saturated heterocycles. The molecule has 5 nitrogen and oxygen atoms in total. The summed E-state index contributed by atoms with van der Waals surface area (Å²) in [5, 5.41) is 3.40. The maximum absolute atomic E-state index is 13.4. The van der Waals surface area contributed by atoms with Crippen LogP contribution in [0.3, 0.4) is 0 Å². The van der Waals surface area contributed by atoms with Crippen LogP contribution in [-0.4, -0.2) is 32.4 Å². The molecule has 0 aromatic heterocycles. The van der Waals surface area contributed by atoms with Gasteiger partial charge in [0.05, 0.1) is 18.0 Å². The largest absolute Gasteiger partial charge is 0.494 e. The molecular weight excluding hydrogens is 379 g/mol. The lowest BCUT2D eigenvalue weighted by atomic mass is 10.1. The number of fused-ring (bicyclic) bond motifs is 1. The predicted molar refractivity (Wildman–Crippen MR) is 121 cm³/mol. The maximum atomic E-state index is 13.4. The van der Waals surface area contributed by atoms with Crippen molar-refractivity contribution in [2.45, 2.75) is 6.92 Å². The first kappa shape index (κ1) is 19.6. The molecule has 3 aromatic rings. The van der Waals surface area contributed by atoms with Gasteiger partial charge in [0.2, 0.25) is 0 Å². The van der Waals surface area contributed by atoms with Crippen LogP contribution in [-0.2, 0) is 0 Å². The molecule has 6 heteroatoms. The minimum Gasteiger partial charge on any atom is -0.494 e. The second kappa shape index (κ2) is 8.37. The van der Waals surface area contributed by atoms with E-state index in [-0.39, 0.29) is 5.82 Å². The number of amidine groups is 2. The number of ether oxygens (including phenoxy) is 1. The first-order valence-corrected chi connectivity index (χ1v) is 9.78. The lowest BCUT2D eigenvalue weighted by Gasteiger charge is -2.14. The van der Waals surface area contributed by atoms with Gasteiger partial charge in [-0.3, -0.25) is 0 Å². The van der Waals surface area contributed by atoms with E-state index in [1.54, 1.807) is 12.1 Å². The zero-order chi connectivity index (χ0) is 21.1. The van der Waals surface area contributed by atoms with Crippen LogP contribution in [0.15, 0.2) is 76.7 Å². The third-order valence-corrected chi connectivity index (χ3v) is 4.74. The molecule has 0 fully saturated rings. The Kier molecular flexibility index (Phi) is 5.48. The first-order valence-electron chi connectivity index (χ1n) is 9.78. The van der Waals surface area contributed by atoms with Crippen molar-refractivity contribution in [2.75, 3.05) is 30.9 Å². The highest BCUT2D eigenvalue weighted by atomic mass is 19.1. The molecule has 4 rings (SSSR count). The van der Waals surface area contributed by atoms with Crippen molar-refractivity contribution >= 4 is 28.7 Å². The molecule has 0 atom stereocenters. The molecule has 3 aromatic carbocycles. The first-order chi connectivity index (χ1) is 14.5. The van der Waals surface area contributed by atoms with E-state index in [1.165, 1.54) is 12.1 Å². The summed E-state index contributed by atoms with van der Waals surface area (Å²) in [6, 6.07) is 20.0. The number of nitrogens with one attached hydrogen (secondary N) is 1. The number of anilines is 2. The topological polar surface area (TPSA) is 49.2 Å². The van der Waals surface area contributed by atoms with Crippen LogP contribution < -0.4 is 15.0 Å². The van der Waals surface area contributed by atoms with Crippen molar-refractivity contribution in [2.24, 2.45) is 9.98 Å². The zero-order valence-electron chi connectivity index (χ0n) is 17.2. The molecule has 1 heterocycles. The summed E-state index contributed by atoms with van der Waals surface area (Å²) in [5.41, 5.74) is 4.29. The van der Waals surface area contributed by atoms with E-state index in [1.807, 2.05) is 68.4 Å². The van der Waals surface area contributed by atoms with Gasteiger partial charge in [0, 0.05) is 37.0 Å². The van der Waals surface area contributed by atoms with Crippen LogP contribution in [0.2, 0.25) is 0 Å². The third-order valence-electron chi connectivity index (χ3n) is 4.74. The van der Waals surface area contributed by atoms with Crippen LogP contribution in [0.4, 0.5) is 21.5 Å². The number of halogens is 1. The second-order valence-corrected chi connectivity index (χ2v) is 7.08. The van der Waals surface area contributed by atoms with Gasteiger partial charge in [-0.05, 0) is 67.6 Å². The molecule has 0 spiro atoms. The van der Waals surface area contributed by atoms with Crippen molar-refractivity contribution in [3.8, 4) is 5.75 Å². The molecule has 152 valence electrons. The van der Waals surface area contributed by atoms with Crippen LogP contribution in [0.25, 0.3) is 0 Å². The van der Waals surface area contributed by atoms with Gasteiger partial charge >= 0.3 is 0 Å². The average molecular weight is 402 g/mol. The van der Waals surface area contributed by atoms with Gasteiger partial charge in [-0.1, -0.05) is 0 Å². The molecule has 1 aliphatic heterocycles. The normalized spacial score (nSPS) is 12.8. The van der Waals surface area contributed by atoms with Crippen LogP contribution in [0.1, 0.15) is 18.1 Å². The fraction of sp³-hybridized carbons (Fsp3) is 0.167. The van der Waals surface area contributed by atoms with E-state index in [2.05, 4.69) is 5.32 Å². The Balaban J connectivity index is 1.81. The molecule has 1 N–H and O–H groups in total. The Labute approximate surface area is 175 Å². The van der Waals surface area contributed by atoms with Gasteiger partial charge in [0.1, 0.15) is 17.4 Å². The summed E-state index contributed by atoms with van der Waals surface area (Å²) < 4.78 is 19.1. The van der Waals surface area contributed by atoms with E-state index in [9.17, 15) is 4.39 Å². The van der Waals surface area contributed by atoms with Crippen molar-refractivity contribution in [1.29, 1.82) is 0 Å². The Morgan fingerprint density at radius 1 is 0.900 bits per heavy atom. The van der Waals surface area contributed by atoms with Gasteiger partial charge in [-0.2, -0.15) is 0 Å². The van der Waals surface area contributed by atoms with Crippen molar-refractivity contribution < 1.29 is 9.13 Å². The van der Waals surface area contributed by atoms with Crippen molar-refractivity contribution in [3.05, 3.63) is 83.7 Å². The van der Waals surface area contributed by atoms with E-state index in [0.29, 0.717) is 18.3 Å². The predicted octanol–water partition coefficient (Wildman–Crippen LogP) is 5.24. The summed E-state index contributed by atoms with van der Waals surface area (Å²) in [7, 11) is 4.00. The highest BCUT2D eigenvalue weighted by molar-refractivity contribution is 6.19. The van der Waals surface area contributed by atoms with Crippen LogP contribution >= 0.6 is 0 Å². The molecule has 30 heavy (non-hydrogen) atoms. The minimum atomic E-state index is -0.295. The molecule has 0 aliphatic carbocycles. The Morgan fingerprint density at radius 2 is 1.60 bits per heavy atom. The SMILES string of the molecule is CCOc1ccc2c(c1)NC(c1ccc(N(C)C)cc1)=NC(c1ccc(F)cc1)=N2. The molecule has 0 saturated carbocycles. The van der Waals surface area contributed by atoms with Crippen LogP contribution in [0.5, 0.6) is 5.75 Å². The molecular formula is C24H23FN4O. The highest BCUT2D eigenvalue weighted by Gasteiger charge is 2.16. The average Bonchev–Trinajstić information content (AvgIpc) is 2.94. The number of rotatable bonds is 5. The highest BCUT2D eigenvalue weighted by Crippen LogP contribution is 2.33. The molecule has 0 unspecified atom stereocenters. The Hall–Kier alpha value is -3.67. The quantitative estimate of drug-likeness (QED) is 0.635. The fourth-order valence-electron chi connectivity index (χ4n) is 3.15. The summed E-state index contributed by atoms with van der Waals surface area (Å²) in [6.45, 7) is 2.53. The Bertz CT molecular complexity index is 1100. The molecule has 0 radical (unpaired) electrons. The number of aliphatic imine (C=N–C) groups is 2. The van der Waals surface area contributed by atoms with E-state index in [0.717, 1.165) is 33.9 Å².